The lowest BCUT2D eigenvalue weighted by Gasteiger charge is -2.20. The minimum atomic E-state index is -0.688. The third kappa shape index (κ3) is 3.42. The van der Waals surface area contributed by atoms with E-state index in [1.807, 2.05) is 36.4 Å². The summed E-state index contributed by atoms with van der Waals surface area (Å²) >= 11 is 0. The van der Waals surface area contributed by atoms with E-state index in [1.165, 1.54) is 12.1 Å². The first-order valence-electron chi connectivity index (χ1n) is 7.73. The topological polar surface area (TPSA) is 89.5 Å². The van der Waals surface area contributed by atoms with Gasteiger partial charge in [-0.1, -0.05) is 36.4 Å². The average Bonchev–Trinajstić information content (AvgIpc) is 2.60. The fourth-order valence-corrected chi connectivity index (χ4v) is 2.84. The molecule has 0 spiro atoms. The Bertz CT molecular complexity index is 969. The largest absolute Gasteiger partial charge is 0.366 e. The molecule has 1 amide bonds. The van der Waals surface area contributed by atoms with Crippen LogP contribution in [0, 0.1) is 10.1 Å². The minimum absolute atomic E-state index is 0.120. The molecule has 6 heteroatoms. The predicted octanol–water partition coefficient (Wildman–Crippen LogP) is 3.48. The molecule has 25 heavy (non-hydrogen) atoms. The molecule has 0 fully saturated rings. The minimum Gasteiger partial charge on any atom is -0.366 e. The van der Waals surface area contributed by atoms with E-state index >= 15 is 0 Å². The lowest BCUT2D eigenvalue weighted by molar-refractivity contribution is -0.384. The third-order valence-electron chi connectivity index (χ3n) is 4.10. The summed E-state index contributed by atoms with van der Waals surface area (Å²) in [6.45, 7) is 0.502. The molecule has 0 bridgehead atoms. The van der Waals surface area contributed by atoms with Crippen molar-refractivity contribution >= 4 is 28.1 Å². The Hall–Kier alpha value is -3.41. The first-order chi connectivity index (χ1) is 12.0. The van der Waals surface area contributed by atoms with E-state index in [9.17, 15) is 14.9 Å². The molecule has 3 rings (SSSR count). The van der Waals surface area contributed by atoms with Gasteiger partial charge in [0.25, 0.3) is 5.69 Å². The molecule has 0 saturated heterocycles. The summed E-state index contributed by atoms with van der Waals surface area (Å²) in [6.07, 6.45) is 0. The molecule has 3 aromatic rings. The number of carbonyl (C=O) groups is 1. The zero-order chi connectivity index (χ0) is 18.0. The van der Waals surface area contributed by atoms with E-state index in [-0.39, 0.29) is 11.3 Å². The number of nitro groups is 1. The van der Waals surface area contributed by atoms with E-state index < -0.39 is 10.8 Å². The maximum absolute atomic E-state index is 11.4. The van der Waals surface area contributed by atoms with Gasteiger partial charge in [-0.2, -0.15) is 0 Å². The van der Waals surface area contributed by atoms with Crippen LogP contribution in [0.5, 0.6) is 0 Å². The number of benzene rings is 3. The van der Waals surface area contributed by atoms with Crippen molar-refractivity contribution in [1.82, 2.24) is 0 Å². The molecule has 0 aliphatic rings. The summed E-state index contributed by atoms with van der Waals surface area (Å²) in [6, 6.07) is 18.4. The summed E-state index contributed by atoms with van der Waals surface area (Å²) in [5.74, 6) is -0.688. The quantitative estimate of drug-likeness (QED) is 0.571. The van der Waals surface area contributed by atoms with Gasteiger partial charge >= 0.3 is 0 Å². The summed E-state index contributed by atoms with van der Waals surface area (Å²) in [5.41, 5.74) is 6.66. The molecule has 3 aromatic carbocycles. The highest BCUT2D eigenvalue weighted by Crippen LogP contribution is 2.29. The number of amides is 1. The lowest BCUT2D eigenvalue weighted by atomic mass is 10.1. The zero-order valence-electron chi connectivity index (χ0n) is 13.7. The van der Waals surface area contributed by atoms with Gasteiger partial charge in [0, 0.05) is 25.2 Å². The number of fused-ring (bicyclic) bond motifs is 1. The molecule has 0 aliphatic carbocycles. The number of hydrogen-bond acceptors (Lipinski definition) is 4. The van der Waals surface area contributed by atoms with Crippen molar-refractivity contribution in [3.63, 3.8) is 0 Å². The van der Waals surface area contributed by atoms with Crippen LogP contribution in [-0.4, -0.2) is 17.9 Å². The molecule has 126 valence electrons. The molecule has 0 radical (unpaired) electrons. The van der Waals surface area contributed by atoms with Crippen LogP contribution < -0.4 is 10.6 Å². The molecular formula is C19H17N3O3. The van der Waals surface area contributed by atoms with Crippen LogP contribution in [0.1, 0.15) is 15.9 Å². The normalized spacial score (nSPS) is 10.6. The number of primary amides is 1. The van der Waals surface area contributed by atoms with Gasteiger partial charge < -0.3 is 10.6 Å². The Morgan fingerprint density at radius 1 is 1.08 bits per heavy atom. The number of rotatable bonds is 5. The maximum Gasteiger partial charge on any atom is 0.293 e. The second-order valence-corrected chi connectivity index (χ2v) is 5.86. The van der Waals surface area contributed by atoms with E-state index in [1.54, 1.807) is 18.0 Å². The van der Waals surface area contributed by atoms with Crippen molar-refractivity contribution in [3.8, 4) is 0 Å². The predicted molar refractivity (Wildman–Crippen MR) is 97.7 cm³/mol. The van der Waals surface area contributed by atoms with Crippen LogP contribution in [0.25, 0.3) is 10.8 Å². The van der Waals surface area contributed by atoms with Gasteiger partial charge in [0.05, 0.1) is 4.92 Å². The molecule has 0 atom stereocenters. The highest BCUT2D eigenvalue weighted by Gasteiger charge is 2.19. The monoisotopic (exact) mass is 335 g/mol. The van der Waals surface area contributed by atoms with Gasteiger partial charge in [0.2, 0.25) is 5.91 Å². The zero-order valence-corrected chi connectivity index (χ0v) is 13.7. The van der Waals surface area contributed by atoms with Gasteiger partial charge in [0.1, 0.15) is 5.69 Å². The van der Waals surface area contributed by atoms with E-state index in [4.69, 9.17) is 5.73 Å². The molecule has 0 aliphatic heterocycles. The summed E-state index contributed by atoms with van der Waals surface area (Å²) in [7, 11) is 1.78. The van der Waals surface area contributed by atoms with Crippen molar-refractivity contribution in [2.24, 2.45) is 5.73 Å². The number of anilines is 1. The second kappa shape index (κ2) is 6.60. The van der Waals surface area contributed by atoms with Gasteiger partial charge in [-0.25, -0.2) is 0 Å². The maximum atomic E-state index is 11.4. The molecular weight excluding hydrogens is 318 g/mol. The molecule has 0 heterocycles. The van der Waals surface area contributed by atoms with Crippen LogP contribution in [0.2, 0.25) is 0 Å². The molecule has 0 unspecified atom stereocenters. The van der Waals surface area contributed by atoms with Crippen molar-refractivity contribution < 1.29 is 9.72 Å². The SMILES string of the molecule is CN(Cc1ccc2ccccc2c1)c1ccc(C(N)=O)cc1[N+](=O)[O-]. The number of carbonyl (C=O) groups excluding carboxylic acids is 1. The van der Waals surface area contributed by atoms with Crippen molar-refractivity contribution in [1.29, 1.82) is 0 Å². The second-order valence-electron chi connectivity index (χ2n) is 5.86. The third-order valence-corrected chi connectivity index (χ3v) is 4.10. The number of nitrogens with zero attached hydrogens (tertiary/aromatic N) is 2. The molecule has 0 aromatic heterocycles. The first-order valence-corrected chi connectivity index (χ1v) is 7.73. The standard InChI is InChI=1S/C19H17N3O3/c1-21(12-13-6-7-14-4-2-3-5-15(14)10-13)17-9-8-16(19(20)23)11-18(17)22(24)25/h2-11H,12H2,1H3,(H2,20,23). The van der Waals surface area contributed by atoms with Gasteiger partial charge in [0.15, 0.2) is 0 Å². The number of nitro benzene ring substituents is 1. The van der Waals surface area contributed by atoms with Gasteiger partial charge in [-0.05, 0) is 34.5 Å². The van der Waals surface area contributed by atoms with Gasteiger partial charge in [-0.3, -0.25) is 14.9 Å². The fourth-order valence-electron chi connectivity index (χ4n) is 2.84. The Kier molecular flexibility index (Phi) is 4.35. The average molecular weight is 335 g/mol. The van der Waals surface area contributed by atoms with E-state index in [0.717, 1.165) is 16.3 Å². The highest BCUT2D eigenvalue weighted by atomic mass is 16.6. The first kappa shape index (κ1) is 16.4. The molecule has 0 saturated carbocycles. The van der Waals surface area contributed by atoms with Crippen LogP contribution in [0.15, 0.2) is 60.7 Å². The Labute approximate surface area is 144 Å². The van der Waals surface area contributed by atoms with Crippen LogP contribution in [0.3, 0.4) is 0 Å². The fraction of sp³-hybridized carbons (Fsp3) is 0.105. The molecule has 2 N–H and O–H groups in total. The van der Waals surface area contributed by atoms with Gasteiger partial charge in [-0.15, -0.1) is 0 Å². The van der Waals surface area contributed by atoms with Crippen LogP contribution in [0.4, 0.5) is 11.4 Å². The highest BCUT2D eigenvalue weighted by molar-refractivity contribution is 5.94. The lowest BCUT2D eigenvalue weighted by Crippen LogP contribution is -2.18. The number of hydrogen-bond donors (Lipinski definition) is 1. The summed E-state index contributed by atoms with van der Waals surface area (Å²) < 4.78 is 0. The smallest absolute Gasteiger partial charge is 0.293 e. The Morgan fingerprint density at radius 3 is 2.48 bits per heavy atom. The van der Waals surface area contributed by atoms with Crippen molar-refractivity contribution in [3.05, 3.63) is 81.9 Å². The van der Waals surface area contributed by atoms with E-state index in [0.29, 0.717) is 12.2 Å². The van der Waals surface area contributed by atoms with E-state index in [2.05, 4.69) is 6.07 Å². The van der Waals surface area contributed by atoms with Crippen LogP contribution in [-0.2, 0) is 6.54 Å². The number of nitrogens with two attached hydrogens (primary N) is 1. The summed E-state index contributed by atoms with van der Waals surface area (Å²) in [5, 5.41) is 13.6. The Morgan fingerprint density at radius 2 is 1.80 bits per heavy atom. The van der Waals surface area contributed by atoms with Crippen molar-refractivity contribution in [2.75, 3.05) is 11.9 Å². The molecule has 6 nitrogen and oxygen atoms in total. The Balaban J connectivity index is 1.92. The summed E-state index contributed by atoms with van der Waals surface area (Å²) in [4.78, 5) is 23.9. The van der Waals surface area contributed by atoms with Crippen molar-refractivity contribution in [2.45, 2.75) is 6.54 Å². The van der Waals surface area contributed by atoms with Crippen LogP contribution >= 0.6 is 0 Å².